The van der Waals surface area contributed by atoms with Crippen molar-refractivity contribution in [1.82, 2.24) is 27.4 Å². The van der Waals surface area contributed by atoms with E-state index >= 15 is 0 Å². The van der Waals surface area contributed by atoms with Crippen LogP contribution in [0.5, 0.6) is 0 Å². The molecule has 0 saturated carbocycles. The third-order valence-electron chi connectivity index (χ3n) is 16.8. The van der Waals surface area contributed by atoms with Crippen molar-refractivity contribution >= 4 is 67.9 Å². The van der Waals surface area contributed by atoms with Gasteiger partial charge in [-0.05, 0) is 146 Å². The maximum absolute atomic E-state index is 14.0. The lowest BCUT2D eigenvalue weighted by atomic mass is 10.0. The van der Waals surface area contributed by atoms with Gasteiger partial charge in [-0.1, -0.05) is 185 Å². The van der Waals surface area contributed by atoms with Crippen molar-refractivity contribution in [2.45, 2.75) is 77.8 Å². The van der Waals surface area contributed by atoms with Crippen molar-refractivity contribution in [1.29, 1.82) is 21.5 Å². The first kappa shape index (κ1) is 66.9. The molecule has 3 aromatic heterocycles. The van der Waals surface area contributed by atoms with E-state index in [0.29, 0.717) is 71.9 Å². The van der Waals surface area contributed by atoms with Crippen LogP contribution >= 0.6 is 34.8 Å². The molecule has 13 nitrogen and oxygen atoms in total. The van der Waals surface area contributed by atoms with E-state index in [4.69, 9.17) is 70.5 Å². The Morgan fingerprint density at radius 2 is 0.688 bits per heavy atom. The molecule has 476 valence electrons. The highest BCUT2D eigenvalue weighted by atomic mass is 35.5. The van der Waals surface area contributed by atoms with Crippen molar-refractivity contribution in [3.05, 3.63) is 300 Å². The Bertz CT molecular complexity index is 4550. The number of aryl methyl sites for hydroxylation is 3. The molecule has 3 atom stereocenters. The van der Waals surface area contributed by atoms with Crippen molar-refractivity contribution < 1.29 is 18.6 Å². The summed E-state index contributed by atoms with van der Waals surface area (Å²) in [5.41, 5.74) is 17.9. The summed E-state index contributed by atoms with van der Waals surface area (Å²) in [6.45, 7) is 9.25. The number of benzene rings is 9. The SMILES string of the molecule is COC[C@H](Cc1ccc(C)cc1)n1c(=N)n(Cc2ccc(C#N)cc2)c2ccccc21.COC[C@H](Cc1ccc(C)cc1)n1c(=N)n(Cc2ccc(Cl)c(Cl)c2)c2ccccc21.COC[C@H](Cc1ccc(C)cc1)n1c(=N)n(Cc2ccc(Cl)c(F)c2)c2ccccc21. The predicted octanol–water partition coefficient (Wildman–Crippen LogP) is 16.1. The number of nitriles is 1. The summed E-state index contributed by atoms with van der Waals surface area (Å²) in [6.07, 6.45) is 2.31. The number of aromatic nitrogens is 6. The lowest BCUT2D eigenvalue weighted by Crippen LogP contribution is -2.31. The molecule has 0 radical (unpaired) electrons. The van der Waals surface area contributed by atoms with Gasteiger partial charge >= 0.3 is 0 Å². The second-order valence-electron chi connectivity index (χ2n) is 23.5. The van der Waals surface area contributed by atoms with Crippen LogP contribution in [0, 0.1) is 54.1 Å². The van der Waals surface area contributed by atoms with E-state index in [0.717, 1.165) is 69.1 Å². The number of methoxy groups -OCH3 is 3. The van der Waals surface area contributed by atoms with Crippen molar-refractivity contribution in [2.24, 2.45) is 0 Å². The maximum Gasteiger partial charge on any atom is 0.203 e. The molecule has 0 saturated heterocycles. The van der Waals surface area contributed by atoms with E-state index in [2.05, 4.69) is 133 Å². The average molecular weight is 1300 g/mol. The summed E-state index contributed by atoms with van der Waals surface area (Å²) in [6, 6.07) is 69.8. The molecular formula is C76H76Cl3FN10O3. The number of hydrogen-bond acceptors (Lipinski definition) is 7. The number of imidazole rings is 3. The molecule has 3 N–H and O–H groups in total. The van der Waals surface area contributed by atoms with Crippen LogP contribution in [-0.4, -0.2) is 68.6 Å². The van der Waals surface area contributed by atoms with Crippen LogP contribution in [0.2, 0.25) is 15.1 Å². The second-order valence-corrected chi connectivity index (χ2v) is 24.7. The Balaban J connectivity index is 0.000000153. The van der Waals surface area contributed by atoms with Crippen LogP contribution in [0.25, 0.3) is 33.1 Å². The van der Waals surface area contributed by atoms with Gasteiger partial charge < -0.3 is 41.6 Å². The molecule has 0 spiro atoms. The van der Waals surface area contributed by atoms with Gasteiger partial charge in [-0.15, -0.1) is 0 Å². The largest absolute Gasteiger partial charge is 0.383 e. The normalized spacial score (nSPS) is 12.3. The van der Waals surface area contributed by atoms with Gasteiger partial charge in [0.05, 0.1) is 117 Å². The number of nitrogens with one attached hydrogen (secondary N) is 3. The van der Waals surface area contributed by atoms with E-state index in [1.807, 2.05) is 103 Å². The summed E-state index contributed by atoms with van der Waals surface area (Å²) in [7, 11) is 5.10. The molecule has 12 aromatic rings. The molecule has 12 rings (SSSR count). The van der Waals surface area contributed by atoms with E-state index in [1.165, 1.54) is 39.4 Å². The number of fused-ring (bicyclic) bond motifs is 3. The highest BCUT2D eigenvalue weighted by Gasteiger charge is 2.23. The van der Waals surface area contributed by atoms with Crippen LogP contribution in [0.4, 0.5) is 4.39 Å². The van der Waals surface area contributed by atoms with E-state index < -0.39 is 5.82 Å². The van der Waals surface area contributed by atoms with E-state index in [9.17, 15) is 4.39 Å². The van der Waals surface area contributed by atoms with E-state index in [1.54, 1.807) is 39.5 Å². The first-order valence-corrected chi connectivity index (χ1v) is 31.9. The first-order chi connectivity index (χ1) is 45.0. The summed E-state index contributed by atoms with van der Waals surface area (Å²) >= 11 is 18.2. The standard InChI is InChI=1S/C26H26N4O.C25H25Cl2N3O.C25H25ClFN3O/c1-19-7-9-20(10-8-19)15-23(18-31-2)30-25-6-4-3-5-24(25)29(26(30)28)17-22-13-11-21(16-27)12-14-22;2*1-17-7-9-18(10-8-17)13-20(16-31-2)30-24-6-4-3-5-23(24)29(25(30)28)15-19-11-12-21(26)22(27)14-19/h3-14,23,28H,15,17-18H2,1-2H3;2*3-12,14,20,28H,13,15-16H2,1-2H3/t23-;2*20-/m000/s1. The molecule has 93 heavy (non-hydrogen) atoms. The van der Waals surface area contributed by atoms with Gasteiger partial charge in [0.2, 0.25) is 16.9 Å². The zero-order valence-electron chi connectivity index (χ0n) is 53.1. The molecule has 0 aliphatic heterocycles. The quantitative estimate of drug-likeness (QED) is 0.0656. The van der Waals surface area contributed by atoms with Crippen LogP contribution in [-0.2, 0) is 53.1 Å². The number of nitrogens with zero attached hydrogens (tertiary/aromatic N) is 7. The summed E-state index contributed by atoms with van der Waals surface area (Å²) < 4.78 is 42.8. The maximum atomic E-state index is 14.0. The fraction of sp³-hybridized carbons (Fsp3) is 0.237. The number of ether oxygens (including phenoxy) is 3. The fourth-order valence-corrected chi connectivity index (χ4v) is 12.5. The van der Waals surface area contributed by atoms with Crippen molar-refractivity contribution in [2.75, 3.05) is 41.2 Å². The molecule has 3 heterocycles. The number of para-hydroxylation sites is 6. The fourth-order valence-electron chi connectivity index (χ4n) is 12.1. The Kier molecular flexibility index (Phi) is 22.3. The lowest BCUT2D eigenvalue weighted by molar-refractivity contribution is 0.154. The van der Waals surface area contributed by atoms with Gasteiger partial charge in [0.25, 0.3) is 0 Å². The molecule has 0 amide bonds. The van der Waals surface area contributed by atoms with Gasteiger partial charge in [-0.3, -0.25) is 16.2 Å². The minimum Gasteiger partial charge on any atom is -0.383 e. The van der Waals surface area contributed by atoms with Crippen LogP contribution in [0.1, 0.15) is 73.8 Å². The molecule has 0 unspecified atom stereocenters. The topological polar surface area (TPSA) is 153 Å². The number of rotatable bonds is 21. The Labute approximate surface area is 556 Å². The minimum absolute atomic E-state index is 0.000150. The monoisotopic (exact) mass is 1300 g/mol. The minimum atomic E-state index is -0.452. The van der Waals surface area contributed by atoms with Crippen molar-refractivity contribution in [3.8, 4) is 6.07 Å². The molecule has 0 aliphatic carbocycles. The van der Waals surface area contributed by atoms with Crippen LogP contribution in [0.3, 0.4) is 0 Å². The van der Waals surface area contributed by atoms with Gasteiger partial charge in [0, 0.05) is 21.3 Å². The first-order valence-electron chi connectivity index (χ1n) is 30.8. The summed E-state index contributed by atoms with van der Waals surface area (Å²) in [5, 5.41) is 37.3. The zero-order valence-corrected chi connectivity index (χ0v) is 55.4. The molecular weight excluding hydrogens is 1230 g/mol. The molecule has 17 heteroatoms. The summed E-state index contributed by atoms with van der Waals surface area (Å²) in [5.74, 6) is -0.452. The van der Waals surface area contributed by atoms with Gasteiger partial charge in [-0.2, -0.15) is 5.26 Å². The molecule has 9 aromatic carbocycles. The van der Waals surface area contributed by atoms with Crippen molar-refractivity contribution in [3.63, 3.8) is 0 Å². The van der Waals surface area contributed by atoms with Gasteiger partial charge in [0.1, 0.15) is 5.82 Å². The summed E-state index contributed by atoms with van der Waals surface area (Å²) in [4.78, 5) is 0. The molecule has 0 bridgehead atoms. The predicted molar refractivity (Wildman–Crippen MR) is 371 cm³/mol. The zero-order chi connectivity index (χ0) is 65.7. The van der Waals surface area contributed by atoms with Crippen LogP contribution in [0.15, 0.2) is 206 Å². The molecule has 0 fully saturated rings. The Morgan fingerprint density at radius 1 is 0.387 bits per heavy atom. The van der Waals surface area contributed by atoms with Crippen LogP contribution < -0.4 is 16.9 Å². The Morgan fingerprint density at radius 3 is 1.01 bits per heavy atom. The number of halogens is 4. The average Bonchev–Trinajstić information content (AvgIpc) is 1.64. The smallest absolute Gasteiger partial charge is 0.203 e. The highest BCUT2D eigenvalue weighted by Crippen LogP contribution is 2.28. The van der Waals surface area contributed by atoms with Gasteiger partial charge in [0.15, 0.2) is 0 Å². The third kappa shape index (κ3) is 15.9. The highest BCUT2D eigenvalue weighted by molar-refractivity contribution is 6.42. The Hall–Kier alpha value is -9.04. The lowest BCUT2D eigenvalue weighted by Gasteiger charge is -2.19. The second kappa shape index (κ2) is 31.1. The van der Waals surface area contributed by atoms with Gasteiger partial charge in [-0.25, -0.2) is 4.39 Å². The third-order valence-corrected chi connectivity index (χ3v) is 17.8. The molecule has 0 aliphatic rings. The van der Waals surface area contributed by atoms with E-state index in [-0.39, 0.29) is 23.1 Å². The number of hydrogen-bond donors (Lipinski definition) is 3.